The van der Waals surface area contributed by atoms with Crippen molar-refractivity contribution in [3.8, 4) is 0 Å². The van der Waals surface area contributed by atoms with Crippen LogP contribution in [0, 0.1) is 0 Å². The number of rotatable bonds is 3. The third-order valence-corrected chi connectivity index (χ3v) is 5.21. The number of carbonyl (C=O) groups is 1. The quantitative estimate of drug-likeness (QED) is 0.851. The summed E-state index contributed by atoms with van der Waals surface area (Å²) in [5.41, 5.74) is 0. The summed E-state index contributed by atoms with van der Waals surface area (Å²) < 4.78 is 0. The number of nitrogens with zero attached hydrogens (tertiary/aromatic N) is 4. The largest absolute Gasteiger partial charge is 0.346 e. The van der Waals surface area contributed by atoms with Gasteiger partial charge in [-0.15, -0.1) is 11.3 Å². The van der Waals surface area contributed by atoms with Crippen LogP contribution in [-0.2, 0) is 4.79 Å². The van der Waals surface area contributed by atoms with Crippen LogP contribution in [0.25, 0.3) is 0 Å². The van der Waals surface area contributed by atoms with E-state index in [9.17, 15) is 4.79 Å². The summed E-state index contributed by atoms with van der Waals surface area (Å²) in [5.74, 6) is 0.319. The first-order valence-corrected chi connectivity index (χ1v) is 8.85. The van der Waals surface area contributed by atoms with Crippen LogP contribution in [0.5, 0.6) is 0 Å². The molecule has 21 heavy (non-hydrogen) atoms. The highest BCUT2D eigenvalue weighted by Gasteiger charge is 2.23. The van der Waals surface area contributed by atoms with Gasteiger partial charge in [-0.05, 0) is 12.8 Å². The number of hydrogen-bond acceptors (Lipinski definition) is 5. The van der Waals surface area contributed by atoms with E-state index in [2.05, 4.69) is 19.7 Å². The zero-order chi connectivity index (χ0) is 14.5. The van der Waals surface area contributed by atoms with Crippen LogP contribution in [0.2, 0.25) is 0 Å². The molecule has 0 atom stereocenters. The Labute approximate surface area is 130 Å². The van der Waals surface area contributed by atoms with Crippen molar-refractivity contribution in [3.63, 3.8) is 0 Å². The molecule has 0 N–H and O–H groups in total. The lowest BCUT2D eigenvalue weighted by Gasteiger charge is -2.35. The van der Waals surface area contributed by atoms with Gasteiger partial charge in [0.25, 0.3) is 0 Å². The Morgan fingerprint density at radius 1 is 1.05 bits per heavy atom. The summed E-state index contributed by atoms with van der Waals surface area (Å²) in [4.78, 5) is 23.4. The molecule has 1 aromatic rings. The van der Waals surface area contributed by atoms with Gasteiger partial charge in [-0.3, -0.25) is 9.69 Å². The molecule has 1 aromatic heterocycles. The smallest absolute Gasteiger partial charge is 0.236 e. The van der Waals surface area contributed by atoms with Crippen LogP contribution in [0.4, 0.5) is 5.13 Å². The van der Waals surface area contributed by atoms with Crippen LogP contribution >= 0.6 is 11.3 Å². The van der Waals surface area contributed by atoms with Crippen molar-refractivity contribution in [2.75, 3.05) is 50.7 Å². The van der Waals surface area contributed by atoms with Crippen molar-refractivity contribution in [1.82, 2.24) is 14.8 Å². The van der Waals surface area contributed by atoms with Crippen LogP contribution in [0.3, 0.4) is 0 Å². The lowest BCUT2D eigenvalue weighted by molar-refractivity contribution is -0.132. The van der Waals surface area contributed by atoms with Gasteiger partial charge in [-0.1, -0.05) is 12.8 Å². The Morgan fingerprint density at radius 3 is 2.38 bits per heavy atom. The Kier molecular flexibility index (Phi) is 5.08. The van der Waals surface area contributed by atoms with Crippen molar-refractivity contribution in [2.24, 2.45) is 0 Å². The molecular weight excluding hydrogens is 284 g/mol. The molecule has 0 bridgehead atoms. The molecule has 3 heterocycles. The van der Waals surface area contributed by atoms with Gasteiger partial charge in [0.1, 0.15) is 0 Å². The maximum Gasteiger partial charge on any atom is 0.236 e. The molecule has 0 aromatic carbocycles. The molecule has 0 unspecified atom stereocenters. The van der Waals surface area contributed by atoms with Gasteiger partial charge in [-0.25, -0.2) is 4.98 Å². The van der Waals surface area contributed by atoms with E-state index < -0.39 is 0 Å². The van der Waals surface area contributed by atoms with E-state index in [4.69, 9.17) is 0 Å². The third-order valence-electron chi connectivity index (χ3n) is 4.38. The van der Waals surface area contributed by atoms with Gasteiger partial charge >= 0.3 is 0 Å². The lowest BCUT2D eigenvalue weighted by Crippen LogP contribution is -2.50. The van der Waals surface area contributed by atoms with Crippen molar-refractivity contribution < 1.29 is 4.79 Å². The molecule has 2 aliphatic rings. The van der Waals surface area contributed by atoms with E-state index in [0.717, 1.165) is 44.4 Å². The predicted molar refractivity (Wildman–Crippen MR) is 85.8 cm³/mol. The minimum Gasteiger partial charge on any atom is -0.346 e. The summed E-state index contributed by atoms with van der Waals surface area (Å²) in [6.45, 7) is 6.36. The molecule has 3 rings (SSSR count). The normalized spacial score (nSPS) is 21.3. The Bertz CT molecular complexity index is 435. The molecule has 1 amide bonds. The average molecular weight is 308 g/mol. The minimum atomic E-state index is 0.319. The zero-order valence-electron chi connectivity index (χ0n) is 12.5. The number of amides is 1. The average Bonchev–Trinajstić information content (AvgIpc) is 2.90. The maximum absolute atomic E-state index is 12.4. The fourth-order valence-corrected chi connectivity index (χ4v) is 3.78. The number of hydrogen-bond donors (Lipinski definition) is 0. The van der Waals surface area contributed by atoms with E-state index >= 15 is 0 Å². The molecule has 0 aliphatic carbocycles. The van der Waals surface area contributed by atoms with Crippen molar-refractivity contribution in [3.05, 3.63) is 11.6 Å². The second-order valence-electron chi connectivity index (χ2n) is 5.87. The van der Waals surface area contributed by atoms with Crippen molar-refractivity contribution in [1.29, 1.82) is 0 Å². The number of anilines is 1. The van der Waals surface area contributed by atoms with Crippen molar-refractivity contribution >= 4 is 22.4 Å². The first-order chi connectivity index (χ1) is 10.3. The molecule has 6 heteroatoms. The van der Waals surface area contributed by atoms with Crippen LogP contribution in [0.15, 0.2) is 11.6 Å². The van der Waals surface area contributed by atoms with Crippen molar-refractivity contribution in [2.45, 2.75) is 25.7 Å². The molecule has 2 aliphatic heterocycles. The fraction of sp³-hybridized carbons (Fsp3) is 0.733. The summed E-state index contributed by atoms with van der Waals surface area (Å²) in [6.07, 6.45) is 6.74. The lowest BCUT2D eigenvalue weighted by atomic mass is 10.2. The number of likely N-dealkylation sites (tertiary alicyclic amines) is 1. The Balaban J connectivity index is 1.45. The molecule has 0 spiro atoms. The van der Waals surface area contributed by atoms with Crippen LogP contribution < -0.4 is 4.90 Å². The zero-order valence-corrected chi connectivity index (χ0v) is 13.4. The van der Waals surface area contributed by atoms with Gasteiger partial charge in [0, 0.05) is 50.8 Å². The Morgan fingerprint density at radius 2 is 1.76 bits per heavy atom. The van der Waals surface area contributed by atoms with E-state index in [1.54, 1.807) is 11.3 Å². The Hall–Kier alpha value is -1.14. The van der Waals surface area contributed by atoms with Gasteiger partial charge < -0.3 is 9.80 Å². The highest BCUT2D eigenvalue weighted by atomic mass is 32.1. The van der Waals surface area contributed by atoms with Crippen LogP contribution in [0.1, 0.15) is 25.7 Å². The number of aromatic nitrogens is 1. The second-order valence-corrected chi connectivity index (χ2v) is 6.75. The van der Waals surface area contributed by atoms with Gasteiger partial charge in [0.2, 0.25) is 5.91 Å². The standard InChI is InChI=1S/C15H24N4OS/c20-14(18-6-3-1-2-4-7-18)13-17-8-10-19(11-9-17)15-16-5-12-21-15/h5,12H,1-4,6-11,13H2. The van der Waals surface area contributed by atoms with E-state index in [-0.39, 0.29) is 0 Å². The first kappa shape index (κ1) is 14.8. The highest BCUT2D eigenvalue weighted by molar-refractivity contribution is 7.13. The van der Waals surface area contributed by atoms with Crippen LogP contribution in [-0.4, -0.2) is 66.5 Å². The summed E-state index contributed by atoms with van der Waals surface area (Å²) >= 11 is 1.69. The third kappa shape index (κ3) is 3.95. The van der Waals surface area contributed by atoms with E-state index in [1.165, 1.54) is 25.7 Å². The first-order valence-electron chi connectivity index (χ1n) is 7.97. The number of piperazine rings is 1. The van der Waals surface area contributed by atoms with E-state index in [0.29, 0.717) is 12.5 Å². The minimum absolute atomic E-state index is 0.319. The molecular formula is C15H24N4OS. The second kappa shape index (κ2) is 7.22. The van der Waals surface area contributed by atoms with Gasteiger partial charge in [0.05, 0.1) is 6.54 Å². The van der Waals surface area contributed by atoms with Gasteiger partial charge in [-0.2, -0.15) is 0 Å². The van der Waals surface area contributed by atoms with Gasteiger partial charge in [0.15, 0.2) is 5.13 Å². The number of thiazole rings is 1. The summed E-state index contributed by atoms with van der Waals surface area (Å²) in [5, 5.41) is 3.12. The molecule has 0 saturated carbocycles. The number of carbonyl (C=O) groups excluding carboxylic acids is 1. The maximum atomic E-state index is 12.4. The molecule has 2 fully saturated rings. The monoisotopic (exact) mass is 308 g/mol. The summed E-state index contributed by atoms with van der Waals surface area (Å²) in [6, 6.07) is 0. The summed E-state index contributed by atoms with van der Waals surface area (Å²) in [7, 11) is 0. The SMILES string of the molecule is O=C(CN1CCN(c2nccs2)CC1)N1CCCCCC1. The topological polar surface area (TPSA) is 39.7 Å². The van der Waals surface area contributed by atoms with E-state index in [1.807, 2.05) is 11.6 Å². The fourth-order valence-electron chi connectivity index (χ4n) is 3.08. The highest BCUT2D eigenvalue weighted by Crippen LogP contribution is 2.19. The molecule has 116 valence electrons. The molecule has 2 saturated heterocycles. The molecule has 0 radical (unpaired) electrons. The predicted octanol–water partition coefficient (Wildman–Crippen LogP) is 1.67. The molecule has 5 nitrogen and oxygen atoms in total.